The Labute approximate surface area is 137 Å². The molecule has 0 spiro atoms. The van der Waals surface area contributed by atoms with E-state index in [1.54, 1.807) is 0 Å². The third-order valence-electron chi connectivity index (χ3n) is 4.76. The van der Waals surface area contributed by atoms with Crippen LogP contribution >= 0.6 is 0 Å². The summed E-state index contributed by atoms with van der Waals surface area (Å²) in [5, 5.41) is 0.232. The van der Waals surface area contributed by atoms with Gasteiger partial charge in [0.05, 0.1) is 6.10 Å². The van der Waals surface area contributed by atoms with Gasteiger partial charge in [0.25, 0.3) is 0 Å². The third-order valence-corrected chi connectivity index (χ3v) is 9.36. The molecule has 0 aliphatic carbocycles. The molecule has 3 atom stereocenters. The summed E-state index contributed by atoms with van der Waals surface area (Å²) in [5.74, 6) is -0.653. The van der Waals surface area contributed by atoms with Gasteiger partial charge in [-0.3, -0.25) is 0 Å². The average Bonchev–Trinajstić information content (AvgIpc) is 2.61. The number of aldehydes is 1. The summed E-state index contributed by atoms with van der Waals surface area (Å²) in [7, 11) is -1.70. The SMILES string of the molecule is C[C@H](CCC[C@@H]1OC(C)(C)O[C@H]1C=O)O[Si](C)(C)C(C)(C)C. The van der Waals surface area contributed by atoms with E-state index in [0.29, 0.717) is 0 Å². The van der Waals surface area contributed by atoms with Crippen molar-refractivity contribution in [3.05, 3.63) is 0 Å². The minimum absolute atomic E-state index is 0.132. The van der Waals surface area contributed by atoms with Crippen LogP contribution < -0.4 is 0 Å². The fourth-order valence-electron chi connectivity index (χ4n) is 2.55. The highest BCUT2D eigenvalue weighted by Gasteiger charge is 2.41. The Balaban J connectivity index is 2.40. The maximum atomic E-state index is 11.1. The first-order chi connectivity index (χ1) is 9.88. The van der Waals surface area contributed by atoms with E-state index in [-0.39, 0.29) is 17.2 Å². The lowest BCUT2D eigenvalue weighted by molar-refractivity contribution is -0.150. The molecule has 0 aromatic heterocycles. The van der Waals surface area contributed by atoms with Gasteiger partial charge in [-0.2, -0.15) is 0 Å². The molecule has 0 bridgehead atoms. The first-order valence-electron chi connectivity index (χ1n) is 8.37. The van der Waals surface area contributed by atoms with E-state index in [9.17, 15) is 4.79 Å². The van der Waals surface area contributed by atoms with Crippen LogP contribution in [-0.4, -0.2) is 38.7 Å². The molecule has 1 saturated heterocycles. The maximum absolute atomic E-state index is 11.1. The topological polar surface area (TPSA) is 44.8 Å². The molecule has 0 amide bonds. The van der Waals surface area contributed by atoms with Crippen LogP contribution in [0.15, 0.2) is 0 Å². The second-order valence-corrected chi connectivity index (χ2v) is 13.2. The standard InChI is InChI=1S/C17H34O4Si/c1-13(21-22(7,8)16(2,3)4)10-9-11-14-15(12-18)20-17(5,6)19-14/h12-15H,9-11H2,1-8H3/t13-,14+,15+/m1/s1. The monoisotopic (exact) mass is 330 g/mol. The summed E-state index contributed by atoms with van der Waals surface area (Å²) >= 11 is 0. The molecule has 22 heavy (non-hydrogen) atoms. The Hall–Kier alpha value is -0.233. The molecular weight excluding hydrogens is 296 g/mol. The Morgan fingerprint density at radius 1 is 1.27 bits per heavy atom. The molecule has 1 rings (SSSR count). The van der Waals surface area contributed by atoms with E-state index in [0.717, 1.165) is 25.5 Å². The van der Waals surface area contributed by atoms with Gasteiger partial charge in [0.2, 0.25) is 0 Å². The van der Waals surface area contributed by atoms with Crippen molar-refractivity contribution in [1.82, 2.24) is 0 Å². The predicted octanol–water partition coefficient (Wildman–Crippen LogP) is 4.29. The van der Waals surface area contributed by atoms with Crippen LogP contribution in [0, 0.1) is 0 Å². The van der Waals surface area contributed by atoms with Crippen LogP contribution in [0.3, 0.4) is 0 Å². The van der Waals surface area contributed by atoms with E-state index in [4.69, 9.17) is 13.9 Å². The highest BCUT2D eigenvalue weighted by atomic mass is 28.4. The zero-order valence-corrected chi connectivity index (χ0v) is 16.6. The molecule has 4 nitrogen and oxygen atoms in total. The Morgan fingerprint density at radius 3 is 2.36 bits per heavy atom. The number of rotatable bonds is 7. The van der Waals surface area contributed by atoms with Crippen LogP contribution in [0.4, 0.5) is 0 Å². The van der Waals surface area contributed by atoms with Gasteiger partial charge in [-0.25, -0.2) is 0 Å². The molecule has 1 fully saturated rings. The van der Waals surface area contributed by atoms with Gasteiger partial charge >= 0.3 is 0 Å². The van der Waals surface area contributed by atoms with Crippen LogP contribution in [0.25, 0.3) is 0 Å². The normalized spacial score (nSPS) is 26.9. The van der Waals surface area contributed by atoms with E-state index >= 15 is 0 Å². The highest BCUT2D eigenvalue weighted by molar-refractivity contribution is 6.74. The van der Waals surface area contributed by atoms with Crippen LogP contribution in [0.1, 0.15) is 60.8 Å². The number of carbonyl (C=O) groups is 1. The van der Waals surface area contributed by atoms with E-state index in [1.165, 1.54) is 0 Å². The lowest BCUT2D eigenvalue weighted by Gasteiger charge is -2.38. The van der Waals surface area contributed by atoms with Crippen molar-refractivity contribution in [2.24, 2.45) is 0 Å². The molecule has 1 heterocycles. The minimum Gasteiger partial charge on any atom is -0.414 e. The fourth-order valence-corrected chi connectivity index (χ4v) is 4.02. The minimum atomic E-state index is -1.70. The fraction of sp³-hybridized carbons (Fsp3) is 0.941. The molecule has 1 aliphatic rings. The van der Waals surface area contributed by atoms with Crippen LogP contribution in [0.5, 0.6) is 0 Å². The lowest BCUT2D eigenvalue weighted by Crippen LogP contribution is -2.43. The van der Waals surface area contributed by atoms with Gasteiger partial charge in [0.15, 0.2) is 20.4 Å². The second kappa shape index (κ2) is 7.12. The predicted molar refractivity (Wildman–Crippen MR) is 91.5 cm³/mol. The Bertz CT molecular complexity index is 373. The number of hydrogen-bond acceptors (Lipinski definition) is 4. The van der Waals surface area contributed by atoms with Gasteiger partial charge in [-0.15, -0.1) is 0 Å². The number of hydrogen-bond donors (Lipinski definition) is 0. The van der Waals surface area contributed by atoms with Crippen molar-refractivity contribution in [2.75, 3.05) is 0 Å². The van der Waals surface area contributed by atoms with Gasteiger partial charge in [-0.05, 0) is 58.2 Å². The first-order valence-corrected chi connectivity index (χ1v) is 11.3. The molecule has 0 saturated carbocycles. The third kappa shape index (κ3) is 5.44. The van der Waals surface area contributed by atoms with Crippen LogP contribution in [-0.2, 0) is 18.7 Å². The maximum Gasteiger partial charge on any atom is 0.192 e. The second-order valence-electron chi connectivity index (χ2n) is 8.39. The van der Waals surface area contributed by atoms with Crippen molar-refractivity contribution in [2.45, 2.75) is 103 Å². The number of carbonyl (C=O) groups excluding carboxylic acids is 1. The molecule has 130 valence electrons. The highest BCUT2D eigenvalue weighted by Crippen LogP contribution is 2.38. The molecule has 0 aromatic carbocycles. The summed E-state index contributed by atoms with van der Waals surface area (Å²) in [6.07, 6.45) is 3.32. The van der Waals surface area contributed by atoms with E-state index in [2.05, 4.69) is 40.8 Å². The molecule has 0 radical (unpaired) electrons. The largest absolute Gasteiger partial charge is 0.414 e. The van der Waals surface area contributed by atoms with Gasteiger partial charge in [0, 0.05) is 6.10 Å². The summed E-state index contributed by atoms with van der Waals surface area (Å²) in [6, 6.07) is 0. The van der Waals surface area contributed by atoms with Gasteiger partial charge in [-0.1, -0.05) is 20.8 Å². The van der Waals surface area contributed by atoms with Crippen molar-refractivity contribution >= 4 is 14.6 Å². The molecule has 0 N–H and O–H groups in total. The van der Waals surface area contributed by atoms with Crippen molar-refractivity contribution < 1.29 is 18.7 Å². The molecule has 0 unspecified atom stereocenters. The van der Waals surface area contributed by atoms with Crippen molar-refractivity contribution in [3.63, 3.8) is 0 Å². The molecular formula is C17H34O4Si. The average molecular weight is 331 g/mol. The van der Waals surface area contributed by atoms with Gasteiger partial charge < -0.3 is 18.7 Å². The number of ether oxygens (including phenoxy) is 2. The summed E-state index contributed by atoms with van der Waals surface area (Å²) in [6.45, 7) is 17.2. The summed E-state index contributed by atoms with van der Waals surface area (Å²) < 4.78 is 17.7. The van der Waals surface area contributed by atoms with Crippen molar-refractivity contribution in [1.29, 1.82) is 0 Å². The van der Waals surface area contributed by atoms with E-state index < -0.39 is 20.2 Å². The molecule has 0 aromatic rings. The Kier molecular flexibility index (Phi) is 6.41. The van der Waals surface area contributed by atoms with Crippen molar-refractivity contribution in [3.8, 4) is 0 Å². The quantitative estimate of drug-likeness (QED) is 0.516. The summed E-state index contributed by atoms with van der Waals surface area (Å²) in [5.41, 5.74) is 0. The first kappa shape index (κ1) is 19.8. The molecule has 1 aliphatic heterocycles. The zero-order chi connectivity index (χ0) is 17.2. The summed E-state index contributed by atoms with van der Waals surface area (Å²) in [4.78, 5) is 11.1. The van der Waals surface area contributed by atoms with Gasteiger partial charge in [0.1, 0.15) is 6.10 Å². The zero-order valence-electron chi connectivity index (χ0n) is 15.6. The molecule has 5 heteroatoms. The smallest absolute Gasteiger partial charge is 0.192 e. The Morgan fingerprint density at radius 2 is 1.86 bits per heavy atom. The van der Waals surface area contributed by atoms with E-state index in [1.807, 2.05) is 13.8 Å². The van der Waals surface area contributed by atoms with Crippen LogP contribution in [0.2, 0.25) is 18.1 Å². The lowest BCUT2D eigenvalue weighted by atomic mass is 10.1.